The summed E-state index contributed by atoms with van der Waals surface area (Å²) in [6.07, 6.45) is 2.69. The van der Waals surface area contributed by atoms with E-state index in [1.54, 1.807) is 100 Å². The number of aliphatic hydroxyl groups is 1. The number of aryl methyl sites for hydroxylation is 1. The van der Waals surface area contributed by atoms with Crippen LogP contribution >= 0.6 is 21.6 Å². The molecule has 135 heavy (non-hydrogen) atoms. The van der Waals surface area contributed by atoms with Gasteiger partial charge in [-0.05, 0) is 122 Å². The first-order valence-electron chi connectivity index (χ1n) is 44.6. The predicted molar refractivity (Wildman–Crippen MR) is 503 cm³/mol. The number of rotatable bonds is 37. The first kappa shape index (κ1) is 113. The van der Waals surface area contributed by atoms with Crippen molar-refractivity contribution in [2.45, 2.75) is 225 Å². The molecule has 1 fully saturated rings. The number of hydrogen-bond donors (Lipinski definition) is 22. The molecule has 1 aliphatic rings. The molecule has 0 unspecified atom stereocenters. The number of carbonyl (C=O) groups is 18. The van der Waals surface area contributed by atoms with Crippen LogP contribution in [0.25, 0.3) is 21.8 Å². The molecule has 744 valence electrons. The largest absolute Gasteiger partial charge is 0.481 e. The quantitative estimate of drug-likeness (QED) is 0.00514. The van der Waals surface area contributed by atoms with E-state index in [4.69, 9.17) is 42.6 Å². The van der Waals surface area contributed by atoms with Crippen molar-refractivity contribution < 1.29 is 106 Å². The van der Waals surface area contributed by atoms with Gasteiger partial charge in [0.25, 0.3) is 5.91 Å². The number of amides is 13. The Morgan fingerprint density at radius 1 is 0.689 bits per heavy atom. The van der Waals surface area contributed by atoms with Crippen LogP contribution in [-0.4, -0.2) is 278 Å². The van der Waals surface area contributed by atoms with Gasteiger partial charge in [0.2, 0.25) is 70.9 Å². The van der Waals surface area contributed by atoms with E-state index in [-0.39, 0.29) is 76.3 Å². The minimum atomic E-state index is -2.40. The topological polar surface area (TPSA) is 700 Å². The van der Waals surface area contributed by atoms with Crippen LogP contribution in [0.4, 0.5) is 0 Å². The number of carboxylic acid groups (broad SMARTS) is 1. The molecule has 0 spiro atoms. The second-order valence-electron chi connectivity index (χ2n) is 34.4. The van der Waals surface area contributed by atoms with Crippen LogP contribution in [0.15, 0.2) is 73.4 Å². The molecule has 1 saturated heterocycles. The highest BCUT2D eigenvalue weighted by Gasteiger charge is 2.41. The molecule has 46 heteroatoms. The van der Waals surface area contributed by atoms with Crippen LogP contribution < -0.4 is 92.1 Å². The SMILES string of the molecule is CC=O.CC[C@H](C)[C@H](N)C(=O)N[C@H]1CSSC[C@@H](C(=O)N[C@H](C(=O)NCCOCCOCC(=O)N[C@@H](CCCCNC(C)(C)C)C(N)=O)[C@@H](C)O)NC(=O)[C@H](CCCNC(=N)N)NC(=O)[C@H](Cc2cnc[nH]2)CC(=O)[C@H](C)NC(=O)CNC(=O)[C@H](Cc2c[nH]c3ccccc23)CC(=O)[C@H](CC(=O)O)NC(=O)[C@H](C(N)=O)NC(=O)[C@H](Cc2cn(C)c3ccccc23)NC(=O)[C@H](C(C)C)CC1=O. The smallest absolute Gasteiger partial charge is 0.305 e. The minimum absolute atomic E-state index is 0.000138. The van der Waals surface area contributed by atoms with Gasteiger partial charge >= 0.3 is 5.97 Å². The summed E-state index contributed by atoms with van der Waals surface area (Å²) in [4.78, 5) is 261. The minimum Gasteiger partial charge on any atom is -0.481 e. The van der Waals surface area contributed by atoms with Crippen LogP contribution in [0.3, 0.4) is 0 Å². The van der Waals surface area contributed by atoms with E-state index in [1.807, 2.05) is 20.8 Å². The van der Waals surface area contributed by atoms with E-state index >= 15 is 19.2 Å². The van der Waals surface area contributed by atoms with Crippen LogP contribution in [-0.2, 0) is 122 Å². The average Bonchev–Trinajstić information content (AvgIpc) is 1.69. The second kappa shape index (κ2) is 57.5. The number of guanidine groups is 1. The van der Waals surface area contributed by atoms with Crippen molar-refractivity contribution in [1.82, 2.24) is 88.6 Å². The monoisotopic (exact) mass is 1930 g/mol. The number of aromatic amines is 2. The number of Topliss-reactive ketones (excluding diaryl/α,β-unsaturated/α-hetero) is 3. The number of nitrogens with two attached hydrogens (primary N) is 4. The molecular formula is C89H134N22O22S2. The van der Waals surface area contributed by atoms with Crippen molar-refractivity contribution in [2.24, 2.45) is 59.6 Å². The summed E-state index contributed by atoms with van der Waals surface area (Å²) >= 11 is 0. The molecule has 0 aliphatic carbocycles. The summed E-state index contributed by atoms with van der Waals surface area (Å²) in [5.74, 6) is -24.0. The fraction of sp³-hybridized carbons (Fsp3) is 0.573. The number of aliphatic carboxylic acids is 1. The molecule has 2 aromatic carbocycles. The number of unbranched alkanes of at least 4 members (excludes halogenated alkanes) is 1. The predicted octanol–water partition coefficient (Wildman–Crippen LogP) is -1.94. The molecular weight excluding hydrogens is 1790 g/mol. The molecule has 3 aromatic heterocycles. The van der Waals surface area contributed by atoms with E-state index in [0.29, 0.717) is 64.4 Å². The Labute approximate surface area is 790 Å². The molecule has 0 bridgehead atoms. The first-order valence-corrected chi connectivity index (χ1v) is 47.1. The van der Waals surface area contributed by atoms with Gasteiger partial charge in [0.05, 0.1) is 75.3 Å². The van der Waals surface area contributed by atoms with Crippen LogP contribution in [0.2, 0.25) is 0 Å². The summed E-state index contributed by atoms with van der Waals surface area (Å²) in [5, 5.41) is 64.3. The van der Waals surface area contributed by atoms with E-state index in [1.165, 1.54) is 33.3 Å². The number of H-pyrrole nitrogens is 2. The Balaban J connectivity index is 0.0000106. The van der Waals surface area contributed by atoms with Crippen molar-refractivity contribution >= 4 is 156 Å². The summed E-state index contributed by atoms with van der Waals surface area (Å²) in [5.41, 5.74) is 25.9. The fourth-order valence-corrected chi connectivity index (χ4v) is 16.7. The Hall–Kier alpha value is -12.2. The van der Waals surface area contributed by atoms with E-state index < -0.39 is 247 Å². The lowest BCUT2D eigenvalue weighted by molar-refractivity contribution is -0.142. The summed E-state index contributed by atoms with van der Waals surface area (Å²) < 4.78 is 12.8. The molecule has 44 nitrogen and oxygen atoms in total. The number of hydrogen-bond acceptors (Lipinski definition) is 27. The highest BCUT2D eigenvalue weighted by atomic mass is 33.1. The van der Waals surface area contributed by atoms with Gasteiger partial charge in [0.1, 0.15) is 43.1 Å². The summed E-state index contributed by atoms with van der Waals surface area (Å²) in [6.45, 7) is 15.5. The Morgan fingerprint density at radius 3 is 1.98 bits per heavy atom. The number of aldehydes is 1. The number of aromatic nitrogens is 4. The number of nitrogens with zero attached hydrogens (tertiary/aromatic N) is 2. The van der Waals surface area contributed by atoms with Gasteiger partial charge in [0.15, 0.2) is 29.4 Å². The third-order valence-corrected chi connectivity index (χ3v) is 24.6. The van der Waals surface area contributed by atoms with E-state index in [0.717, 1.165) is 34.3 Å². The lowest BCUT2D eigenvalue weighted by Crippen LogP contribution is -2.60. The maximum Gasteiger partial charge on any atom is 0.305 e. The zero-order chi connectivity index (χ0) is 100. The van der Waals surface area contributed by atoms with Crippen LogP contribution in [0.1, 0.15) is 150 Å². The van der Waals surface area contributed by atoms with E-state index in [2.05, 4.69) is 84.1 Å². The number of imidazole rings is 1. The number of carbonyl (C=O) groups excluding carboxylic acids is 17. The number of carboxylic acids is 1. The molecule has 13 amide bonds. The van der Waals surface area contributed by atoms with Gasteiger partial charge in [-0.2, -0.15) is 0 Å². The number of aliphatic hydroxyl groups excluding tert-OH is 1. The van der Waals surface area contributed by atoms with Crippen molar-refractivity contribution in [3.8, 4) is 0 Å². The summed E-state index contributed by atoms with van der Waals surface area (Å²) in [7, 11) is 3.45. The number of ketones is 3. The lowest BCUT2D eigenvalue weighted by Gasteiger charge is -2.28. The molecule has 1 aliphatic heterocycles. The Bertz CT molecular complexity index is 4870. The van der Waals surface area contributed by atoms with Gasteiger partial charge < -0.3 is 131 Å². The number of nitrogens with one attached hydrogen (secondary N) is 16. The Kier molecular flexibility index (Phi) is 48.2. The number of para-hydroxylation sites is 2. The van der Waals surface area contributed by atoms with Crippen molar-refractivity contribution in [3.05, 3.63) is 90.3 Å². The third-order valence-electron chi connectivity index (χ3n) is 22.1. The van der Waals surface area contributed by atoms with Gasteiger partial charge in [-0.15, -0.1) is 0 Å². The lowest BCUT2D eigenvalue weighted by atomic mass is 9.87. The number of benzene rings is 2. The molecule has 26 N–H and O–H groups in total. The van der Waals surface area contributed by atoms with E-state index in [9.17, 15) is 72.5 Å². The van der Waals surface area contributed by atoms with Gasteiger partial charge in [0, 0.05) is 127 Å². The zero-order valence-corrected chi connectivity index (χ0v) is 79.7. The van der Waals surface area contributed by atoms with Crippen LogP contribution in [0.5, 0.6) is 0 Å². The maximum absolute atomic E-state index is 15.2. The highest BCUT2D eigenvalue weighted by Crippen LogP contribution is 2.29. The molecule has 0 saturated carbocycles. The second-order valence-corrected chi connectivity index (χ2v) is 37.0. The third kappa shape index (κ3) is 39.3. The van der Waals surface area contributed by atoms with Crippen molar-refractivity contribution in [2.75, 3.05) is 64.1 Å². The molecule has 4 heterocycles. The van der Waals surface area contributed by atoms with Gasteiger partial charge in [-0.1, -0.05) is 92.1 Å². The van der Waals surface area contributed by atoms with Crippen LogP contribution in [0, 0.1) is 35.0 Å². The first-order chi connectivity index (χ1) is 63.9. The molecule has 0 radical (unpaired) electrons. The highest BCUT2D eigenvalue weighted by molar-refractivity contribution is 8.76. The van der Waals surface area contributed by atoms with Crippen molar-refractivity contribution in [3.63, 3.8) is 0 Å². The number of ether oxygens (including phenoxy) is 2. The standard InChI is InChI=1S/C87H130N22O21S2.C2H4O/c1-11-47(4)72(88)83(126)105-63-43-131-132-44-64(82(125)107-73(49(6)110)84(127)94-27-28-129-29-30-130-42-70(115)101-59(75(89)118)22-16-17-26-99-87(7,8)9)106-80(123)60(23-18-25-95-86(91)92)102-78(121)51(32-54-39-93-45-98-54)34-66(111)48(5)100-69(114)40-97-77(120)50(31-52-38-96-58-21-14-12-19-55(52)58)35-67(112)61(37-71(116)117)103-85(128)74(76(90)119)108-81(124)62(104-79(122)57(46(2)3)36-68(63)113)33-53-41-109(10)65-24-15-13-20-56(53)65;1-2-3/h12-15,19-21,24,38-39,41,45-51,57,59-64,72-74,96,99,110H,11,16-18,22-23,25-37,40,42-44,88H2,1-10H3,(H2,89,118)(H2,90,119)(H,93,98)(H,94,127)(H,97,120)(H,100,114)(H,101,115)(H,102,121)(H,103,128)(H,104,122)(H,105,126)(H,106,123)(H,107,125)(H,108,124)(H,116,117)(H4,91,92,95);2H,1H3/t47-,48-,49+,50+,51+,57-,59-,60-,61-,62-,63-,64-,72-,73-,74-;/m0./s1. The Morgan fingerprint density at radius 2 is 1.33 bits per heavy atom. The van der Waals surface area contributed by atoms with Gasteiger partial charge in [-0.25, -0.2) is 4.98 Å². The van der Waals surface area contributed by atoms with Crippen molar-refractivity contribution in [1.29, 1.82) is 5.41 Å². The fourth-order valence-electron chi connectivity index (χ4n) is 14.3. The number of fused-ring (bicyclic) bond motifs is 2. The molecule has 15 atom stereocenters. The average molecular weight is 1930 g/mol. The maximum atomic E-state index is 15.2. The molecule has 5 aromatic rings. The van der Waals surface area contributed by atoms with Gasteiger partial charge in [-0.3, -0.25) is 86.9 Å². The zero-order valence-electron chi connectivity index (χ0n) is 78.1. The summed E-state index contributed by atoms with van der Waals surface area (Å²) in [6, 6.07) is -2.42. The normalized spacial score (nSPS) is 21.3. The number of primary amides is 2. The molecule has 6 rings (SSSR count).